The van der Waals surface area contributed by atoms with E-state index in [1.807, 2.05) is 20.8 Å². The lowest BCUT2D eigenvalue weighted by Gasteiger charge is -2.46. The highest BCUT2D eigenvalue weighted by molar-refractivity contribution is 5.21. The smallest absolute Gasteiger partial charge is 0.138 e. The van der Waals surface area contributed by atoms with E-state index in [0.29, 0.717) is 0 Å². The lowest BCUT2D eigenvalue weighted by atomic mass is 9.91. The maximum Gasteiger partial charge on any atom is 0.138 e. The van der Waals surface area contributed by atoms with Crippen molar-refractivity contribution in [2.75, 3.05) is 13.1 Å². The number of hydrogen-bond donors (Lipinski definition) is 1. The molecule has 0 radical (unpaired) electrons. The average Bonchev–Trinajstić information content (AvgIpc) is 2.46. The summed E-state index contributed by atoms with van der Waals surface area (Å²) in [5, 5.41) is 13.8. The van der Waals surface area contributed by atoms with Crippen LogP contribution in [0.1, 0.15) is 30.4 Å². The summed E-state index contributed by atoms with van der Waals surface area (Å²) in [5.41, 5.74) is 1.66. The molecule has 1 fully saturated rings. The first-order valence-corrected chi connectivity index (χ1v) is 5.40. The number of β-amino-alcohol motifs (C(OH)–C–C–N with tert-alkyl or cyclic N) is 1. The van der Waals surface area contributed by atoms with E-state index >= 15 is 0 Å². The zero-order valence-corrected chi connectivity index (χ0v) is 9.58. The Kier molecular flexibility index (Phi) is 2.56. The van der Waals surface area contributed by atoms with Crippen LogP contribution in [0.3, 0.4) is 0 Å². The van der Waals surface area contributed by atoms with Crippen LogP contribution in [-0.4, -0.2) is 33.9 Å². The molecule has 2 heterocycles. The monoisotopic (exact) mass is 210 g/mol. The SMILES string of the molecule is CCC1(O)CN(Cc2c(C)noc2C)C1. The van der Waals surface area contributed by atoms with Crippen LogP contribution in [0.25, 0.3) is 0 Å². The van der Waals surface area contributed by atoms with E-state index in [9.17, 15) is 5.11 Å². The van der Waals surface area contributed by atoms with Gasteiger partial charge in [-0.15, -0.1) is 0 Å². The second kappa shape index (κ2) is 3.61. The molecule has 0 unspecified atom stereocenters. The minimum Gasteiger partial charge on any atom is -0.387 e. The Labute approximate surface area is 89.9 Å². The van der Waals surface area contributed by atoms with Crippen LogP contribution in [-0.2, 0) is 6.54 Å². The molecule has 4 nitrogen and oxygen atoms in total. The van der Waals surface area contributed by atoms with Gasteiger partial charge in [0, 0.05) is 25.2 Å². The van der Waals surface area contributed by atoms with Gasteiger partial charge in [0.05, 0.1) is 11.3 Å². The molecule has 0 amide bonds. The predicted octanol–water partition coefficient (Wildman–Crippen LogP) is 1.25. The fourth-order valence-corrected chi connectivity index (χ4v) is 2.07. The molecule has 4 heteroatoms. The first-order valence-electron chi connectivity index (χ1n) is 5.40. The predicted molar refractivity (Wildman–Crippen MR) is 56.5 cm³/mol. The van der Waals surface area contributed by atoms with E-state index in [1.165, 1.54) is 0 Å². The first kappa shape index (κ1) is 10.6. The standard InChI is InChI=1S/C11H18N2O2/c1-4-11(14)6-13(7-11)5-10-8(2)12-15-9(10)3/h14H,4-7H2,1-3H3. The Morgan fingerprint density at radius 2 is 2.13 bits per heavy atom. The number of aromatic nitrogens is 1. The van der Waals surface area contributed by atoms with Gasteiger partial charge in [0.2, 0.25) is 0 Å². The molecular formula is C11H18N2O2. The maximum absolute atomic E-state index is 9.88. The summed E-state index contributed by atoms with van der Waals surface area (Å²) in [6, 6.07) is 0. The van der Waals surface area contributed by atoms with Crippen LogP contribution in [0.15, 0.2) is 4.52 Å². The van der Waals surface area contributed by atoms with Crippen molar-refractivity contribution in [2.24, 2.45) is 0 Å². The largest absolute Gasteiger partial charge is 0.387 e. The lowest BCUT2D eigenvalue weighted by molar-refractivity contribution is -0.103. The zero-order chi connectivity index (χ0) is 11.1. The van der Waals surface area contributed by atoms with Gasteiger partial charge in [-0.2, -0.15) is 0 Å². The molecule has 15 heavy (non-hydrogen) atoms. The molecule has 0 spiro atoms. The Balaban J connectivity index is 1.95. The Morgan fingerprint density at radius 1 is 1.47 bits per heavy atom. The molecule has 1 aromatic heterocycles. The van der Waals surface area contributed by atoms with Gasteiger partial charge in [0.25, 0.3) is 0 Å². The molecule has 0 bridgehead atoms. The molecule has 2 rings (SSSR count). The molecular weight excluding hydrogens is 192 g/mol. The van der Waals surface area contributed by atoms with E-state index in [4.69, 9.17) is 4.52 Å². The fourth-order valence-electron chi connectivity index (χ4n) is 2.07. The van der Waals surface area contributed by atoms with Crippen LogP contribution < -0.4 is 0 Å². The number of rotatable bonds is 3. The maximum atomic E-state index is 9.88. The van der Waals surface area contributed by atoms with Gasteiger partial charge >= 0.3 is 0 Å². The molecule has 0 saturated carbocycles. The van der Waals surface area contributed by atoms with E-state index < -0.39 is 5.60 Å². The highest BCUT2D eigenvalue weighted by atomic mass is 16.5. The summed E-state index contributed by atoms with van der Waals surface area (Å²) in [4.78, 5) is 2.22. The third-order valence-corrected chi connectivity index (χ3v) is 3.26. The fraction of sp³-hybridized carbons (Fsp3) is 0.727. The number of hydrogen-bond acceptors (Lipinski definition) is 4. The van der Waals surface area contributed by atoms with Gasteiger partial charge in [0.1, 0.15) is 5.76 Å². The van der Waals surface area contributed by atoms with Crippen LogP contribution in [0, 0.1) is 13.8 Å². The van der Waals surface area contributed by atoms with Crippen molar-refractivity contribution in [3.05, 3.63) is 17.0 Å². The quantitative estimate of drug-likeness (QED) is 0.815. The highest BCUT2D eigenvalue weighted by Gasteiger charge is 2.39. The van der Waals surface area contributed by atoms with Crippen LogP contribution >= 0.6 is 0 Å². The number of nitrogens with zero attached hydrogens (tertiary/aromatic N) is 2. The van der Waals surface area contributed by atoms with Crippen molar-refractivity contribution in [3.63, 3.8) is 0 Å². The molecule has 84 valence electrons. The topological polar surface area (TPSA) is 49.5 Å². The molecule has 1 saturated heterocycles. The second-order valence-corrected chi connectivity index (χ2v) is 4.53. The number of aryl methyl sites for hydroxylation is 2. The number of aliphatic hydroxyl groups is 1. The molecule has 1 aliphatic heterocycles. The lowest BCUT2D eigenvalue weighted by Crippen LogP contribution is -2.60. The average molecular weight is 210 g/mol. The Morgan fingerprint density at radius 3 is 2.60 bits per heavy atom. The van der Waals surface area contributed by atoms with Crippen molar-refractivity contribution < 1.29 is 9.63 Å². The zero-order valence-electron chi connectivity index (χ0n) is 9.58. The van der Waals surface area contributed by atoms with Crippen molar-refractivity contribution in [3.8, 4) is 0 Å². The first-order chi connectivity index (χ1) is 7.04. The van der Waals surface area contributed by atoms with E-state index in [0.717, 1.165) is 43.1 Å². The number of likely N-dealkylation sites (tertiary alicyclic amines) is 1. The highest BCUT2D eigenvalue weighted by Crippen LogP contribution is 2.27. The van der Waals surface area contributed by atoms with Gasteiger partial charge in [-0.3, -0.25) is 4.90 Å². The van der Waals surface area contributed by atoms with Crippen LogP contribution in [0.4, 0.5) is 0 Å². The summed E-state index contributed by atoms with van der Waals surface area (Å²) in [6.07, 6.45) is 0.825. The molecule has 1 N–H and O–H groups in total. The summed E-state index contributed by atoms with van der Waals surface area (Å²) in [7, 11) is 0. The molecule has 1 aliphatic rings. The van der Waals surface area contributed by atoms with Crippen molar-refractivity contribution in [1.29, 1.82) is 0 Å². The molecule has 0 aromatic carbocycles. The van der Waals surface area contributed by atoms with Crippen molar-refractivity contribution in [1.82, 2.24) is 10.1 Å². The molecule has 0 aliphatic carbocycles. The van der Waals surface area contributed by atoms with E-state index in [2.05, 4.69) is 10.1 Å². The molecule has 1 aromatic rings. The minimum atomic E-state index is -0.459. The van der Waals surface area contributed by atoms with Gasteiger partial charge in [0.15, 0.2) is 0 Å². The summed E-state index contributed by atoms with van der Waals surface area (Å²) >= 11 is 0. The summed E-state index contributed by atoms with van der Waals surface area (Å²) in [6.45, 7) is 8.26. The van der Waals surface area contributed by atoms with Gasteiger partial charge in [-0.25, -0.2) is 0 Å². The van der Waals surface area contributed by atoms with Crippen molar-refractivity contribution >= 4 is 0 Å². The third-order valence-electron chi connectivity index (χ3n) is 3.26. The van der Waals surface area contributed by atoms with Gasteiger partial charge in [-0.05, 0) is 20.3 Å². The Hall–Kier alpha value is -0.870. The van der Waals surface area contributed by atoms with E-state index in [1.54, 1.807) is 0 Å². The summed E-state index contributed by atoms with van der Waals surface area (Å²) < 4.78 is 5.10. The minimum absolute atomic E-state index is 0.459. The van der Waals surface area contributed by atoms with E-state index in [-0.39, 0.29) is 0 Å². The van der Waals surface area contributed by atoms with Gasteiger partial charge in [-0.1, -0.05) is 12.1 Å². The Bertz CT molecular complexity index is 334. The third kappa shape index (κ3) is 1.92. The second-order valence-electron chi connectivity index (χ2n) is 4.53. The van der Waals surface area contributed by atoms with Crippen LogP contribution in [0.5, 0.6) is 0 Å². The van der Waals surface area contributed by atoms with Crippen LogP contribution in [0.2, 0.25) is 0 Å². The molecule has 0 atom stereocenters. The van der Waals surface area contributed by atoms with Crippen molar-refractivity contribution in [2.45, 2.75) is 39.3 Å². The summed E-state index contributed by atoms with van der Waals surface area (Å²) in [5.74, 6) is 0.888. The normalized spacial score (nSPS) is 20.3. The van der Waals surface area contributed by atoms with Gasteiger partial charge < -0.3 is 9.63 Å².